The molecule has 2 aromatic rings. The number of benzene rings is 1. The molecule has 0 N–H and O–H groups in total. The molecule has 1 aromatic carbocycles. The second-order valence-corrected chi connectivity index (χ2v) is 4.80. The summed E-state index contributed by atoms with van der Waals surface area (Å²) in [6.07, 6.45) is 6.66. The summed E-state index contributed by atoms with van der Waals surface area (Å²) in [4.78, 5) is 1.43. The van der Waals surface area contributed by atoms with Crippen molar-refractivity contribution < 1.29 is 32.7 Å². The molecule has 0 fully saturated rings. The second-order valence-electron chi connectivity index (χ2n) is 3.72. The van der Waals surface area contributed by atoms with E-state index in [1.54, 1.807) is 0 Å². The van der Waals surface area contributed by atoms with E-state index in [0.717, 1.165) is 0 Å². The minimum atomic E-state index is 0. The van der Waals surface area contributed by atoms with Gasteiger partial charge in [0.05, 0.1) is 0 Å². The first-order chi connectivity index (χ1) is 6.86. The van der Waals surface area contributed by atoms with Crippen molar-refractivity contribution in [3.63, 3.8) is 0 Å². The quantitative estimate of drug-likeness (QED) is 0.636. The maximum absolute atomic E-state index is 2.27. The first-order valence-corrected chi connectivity index (χ1v) is 5.71. The van der Waals surface area contributed by atoms with E-state index in [4.69, 9.17) is 0 Å². The van der Waals surface area contributed by atoms with Crippen LogP contribution in [-0.4, -0.2) is 0 Å². The molecule has 0 spiro atoms. The molecular formula is C13H11SY-. The molecule has 1 aliphatic carbocycles. The summed E-state index contributed by atoms with van der Waals surface area (Å²) in [6, 6.07) is 8.68. The van der Waals surface area contributed by atoms with Gasteiger partial charge in [-0.2, -0.15) is 17.4 Å². The van der Waals surface area contributed by atoms with Crippen molar-refractivity contribution >= 4 is 27.5 Å². The molecule has 0 aliphatic heterocycles. The Balaban J connectivity index is 0.000000853. The Hall–Kier alpha value is -0.106. The van der Waals surface area contributed by atoms with Gasteiger partial charge in [0.15, 0.2) is 0 Å². The van der Waals surface area contributed by atoms with E-state index in [9.17, 15) is 0 Å². The van der Waals surface area contributed by atoms with E-state index in [-0.39, 0.29) is 32.7 Å². The number of fused-ring (bicyclic) bond motifs is 3. The van der Waals surface area contributed by atoms with Crippen LogP contribution < -0.4 is 0 Å². The van der Waals surface area contributed by atoms with Crippen LogP contribution in [-0.2, 0) is 32.7 Å². The zero-order chi connectivity index (χ0) is 9.54. The summed E-state index contributed by atoms with van der Waals surface area (Å²) < 4.78 is 1.41. The van der Waals surface area contributed by atoms with Gasteiger partial charge >= 0.3 is 0 Å². The number of hydrogen-bond acceptors (Lipinski definition) is 1. The van der Waals surface area contributed by atoms with Gasteiger partial charge in [0, 0.05) is 37.4 Å². The van der Waals surface area contributed by atoms with Gasteiger partial charge in [-0.3, -0.25) is 0 Å². The van der Waals surface area contributed by atoms with Crippen LogP contribution in [0.1, 0.15) is 23.3 Å². The minimum Gasteiger partial charge on any atom is -0.226 e. The standard InChI is InChI=1S/C13H11S.Y/c1-9-5-4-8-12-13(9)10-6-2-3-7-11(10)14-12;/h2-9H,1H3;/q-1;. The second kappa shape index (κ2) is 4.41. The van der Waals surface area contributed by atoms with Crippen LogP contribution in [0.3, 0.4) is 0 Å². The van der Waals surface area contributed by atoms with Gasteiger partial charge in [-0.25, -0.2) is 12.5 Å². The van der Waals surface area contributed by atoms with Gasteiger partial charge in [-0.15, -0.1) is 0 Å². The van der Waals surface area contributed by atoms with Crippen LogP contribution in [0.5, 0.6) is 0 Å². The first-order valence-electron chi connectivity index (χ1n) is 4.89. The molecule has 0 saturated heterocycles. The average molecular weight is 288 g/mol. The molecule has 0 saturated carbocycles. The summed E-state index contributed by atoms with van der Waals surface area (Å²) in [5.41, 5.74) is 1.51. The summed E-state index contributed by atoms with van der Waals surface area (Å²) >= 11 is 1.90. The molecule has 0 bridgehead atoms. The SMILES string of the molecule is CC1[CH-]C=Cc2sc3ccccc3c21.[Y]. The Morgan fingerprint density at radius 3 is 2.93 bits per heavy atom. The molecule has 3 rings (SSSR count). The van der Waals surface area contributed by atoms with Gasteiger partial charge in [0.1, 0.15) is 0 Å². The van der Waals surface area contributed by atoms with Crippen molar-refractivity contribution in [1.29, 1.82) is 0 Å². The van der Waals surface area contributed by atoms with Crippen molar-refractivity contribution in [1.82, 2.24) is 0 Å². The summed E-state index contributed by atoms with van der Waals surface area (Å²) in [5.74, 6) is 0.561. The van der Waals surface area contributed by atoms with Crippen LogP contribution in [0.2, 0.25) is 0 Å². The van der Waals surface area contributed by atoms with E-state index in [2.05, 4.69) is 49.8 Å². The van der Waals surface area contributed by atoms with E-state index >= 15 is 0 Å². The first kappa shape index (κ1) is 11.4. The monoisotopic (exact) mass is 288 g/mol. The largest absolute Gasteiger partial charge is 0.226 e. The van der Waals surface area contributed by atoms with Crippen LogP contribution in [0.15, 0.2) is 30.3 Å². The van der Waals surface area contributed by atoms with Gasteiger partial charge in [-0.1, -0.05) is 41.5 Å². The molecule has 0 amide bonds. The normalized spacial score (nSPS) is 18.1. The van der Waals surface area contributed by atoms with E-state index in [1.165, 1.54) is 20.5 Å². The van der Waals surface area contributed by atoms with Gasteiger partial charge in [0.25, 0.3) is 0 Å². The summed E-state index contributed by atoms with van der Waals surface area (Å²) in [6.45, 7) is 2.27. The van der Waals surface area contributed by atoms with E-state index in [0.29, 0.717) is 5.92 Å². The van der Waals surface area contributed by atoms with Gasteiger partial charge in [-0.05, 0) is 11.5 Å². The topological polar surface area (TPSA) is 0 Å². The van der Waals surface area contributed by atoms with Crippen molar-refractivity contribution in [3.05, 3.63) is 47.2 Å². The van der Waals surface area contributed by atoms with E-state index < -0.39 is 0 Å². The fourth-order valence-corrected chi connectivity index (χ4v) is 3.31. The van der Waals surface area contributed by atoms with Gasteiger partial charge < -0.3 is 0 Å². The molecule has 1 atom stereocenters. The Labute approximate surface area is 119 Å². The summed E-state index contributed by atoms with van der Waals surface area (Å²) in [7, 11) is 0. The zero-order valence-corrected chi connectivity index (χ0v) is 12.3. The van der Waals surface area contributed by atoms with Crippen molar-refractivity contribution in [2.75, 3.05) is 0 Å². The smallest absolute Gasteiger partial charge is 0.0335 e. The van der Waals surface area contributed by atoms with Crippen LogP contribution in [0.25, 0.3) is 16.2 Å². The zero-order valence-electron chi connectivity index (χ0n) is 8.60. The molecular weight excluding hydrogens is 277 g/mol. The number of allylic oxidation sites excluding steroid dienone is 1. The fourth-order valence-electron chi connectivity index (χ4n) is 2.08. The molecule has 1 aliphatic rings. The van der Waals surface area contributed by atoms with Crippen molar-refractivity contribution in [3.8, 4) is 0 Å². The van der Waals surface area contributed by atoms with Gasteiger partial charge in [0.2, 0.25) is 0 Å². The number of hydrogen-bond donors (Lipinski definition) is 0. The Kier molecular flexibility index (Phi) is 3.34. The van der Waals surface area contributed by atoms with Crippen LogP contribution in [0.4, 0.5) is 0 Å². The third kappa shape index (κ3) is 1.82. The maximum Gasteiger partial charge on any atom is 0.0335 e. The predicted octanol–water partition coefficient (Wildman–Crippen LogP) is 4.23. The summed E-state index contributed by atoms with van der Waals surface area (Å²) in [5, 5.41) is 1.43. The molecule has 0 nitrogen and oxygen atoms in total. The van der Waals surface area contributed by atoms with Crippen LogP contribution in [0, 0.1) is 6.42 Å². The predicted molar refractivity (Wildman–Crippen MR) is 63.6 cm³/mol. The molecule has 1 heterocycles. The van der Waals surface area contributed by atoms with E-state index in [1.807, 2.05) is 11.3 Å². The molecule has 2 heteroatoms. The average Bonchev–Trinajstić information content (AvgIpc) is 2.57. The molecule has 1 unspecified atom stereocenters. The Morgan fingerprint density at radius 2 is 2.07 bits per heavy atom. The molecule has 15 heavy (non-hydrogen) atoms. The third-order valence-corrected chi connectivity index (χ3v) is 3.92. The number of rotatable bonds is 0. The molecule has 1 aromatic heterocycles. The minimum absolute atomic E-state index is 0. The Bertz CT molecular complexity index is 510. The third-order valence-electron chi connectivity index (χ3n) is 2.77. The Morgan fingerprint density at radius 1 is 1.27 bits per heavy atom. The molecule has 1 radical (unpaired) electrons. The van der Waals surface area contributed by atoms with Crippen molar-refractivity contribution in [2.24, 2.45) is 0 Å². The number of thiophene rings is 1. The fraction of sp³-hybridized carbons (Fsp3) is 0.154. The van der Waals surface area contributed by atoms with Crippen LogP contribution >= 0.6 is 11.3 Å². The maximum atomic E-state index is 2.27. The molecule has 73 valence electrons. The van der Waals surface area contributed by atoms with Crippen molar-refractivity contribution in [2.45, 2.75) is 12.8 Å².